The number of hydrogen-bond acceptors (Lipinski definition) is 7. The number of benzene rings is 1. The van der Waals surface area contributed by atoms with Crippen LogP contribution in [0.4, 0.5) is 5.69 Å². The van der Waals surface area contributed by atoms with E-state index in [-0.39, 0.29) is 27.1 Å². The molecule has 1 aromatic carbocycles. The molecule has 0 saturated heterocycles. The van der Waals surface area contributed by atoms with E-state index in [0.29, 0.717) is 4.70 Å². The van der Waals surface area contributed by atoms with Gasteiger partial charge in [0.1, 0.15) is 4.88 Å². The highest BCUT2D eigenvalue weighted by Crippen LogP contribution is 2.49. The molecule has 0 aliphatic carbocycles. The van der Waals surface area contributed by atoms with Crippen molar-refractivity contribution in [1.29, 1.82) is 0 Å². The smallest absolute Gasteiger partial charge is 0.350 e. The molecule has 7 nitrogen and oxygen atoms in total. The highest BCUT2D eigenvalue weighted by atomic mass is 35.5. The Hall–Kier alpha value is -2.06. The first-order chi connectivity index (χ1) is 10.3. The van der Waals surface area contributed by atoms with Gasteiger partial charge in [0.25, 0.3) is 0 Å². The first kappa shape index (κ1) is 16.3. The molecule has 2 rings (SSSR count). The summed E-state index contributed by atoms with van der Waals surface area (Å²) in [5.41, 5.74) is -0.408. The van der Waals surface area contributed by atoms with E-state index < -0.39 is 22.3 Å². The number of rotatable bonds is 4. The van der Waals surface area contributed by atoms with Crippen LogP contribution in [-0.4, -0.2) is 29.2 Å². The number of halogens is 1. The maximum Gasteiger partial charge on any atom is 0.350 e. The van der Waals surface area contributed by atoms with Gasteiger partial charge in [-0.25, -0.2) is 4.79 Å². The van der Waals surface area contributed by atoms with Crippen molar-refractivity contribution in [3.8, 4) is 11.5 Å². The number of thiophene rings is 1. The summed E-state index contributed by atoms with van der Waals surface area (Å²) in [4.78, 5) is 22.4. The Morgan fingerprint density at radius 3 is 2.64 bits per heavy atom. The van der Waals surface area contributed by atoms with Crippen LogP contribution in [0.2, 0.25) is 5.02 Å². The van der Waals surface area contributed by atoms with Crippen LogP contribution in [0.5, 0.6) is 11.5 Å². The largest absolute Gasteiger partial charge is 0.504 e. The van der Waals surface area contributed by atoms with Crippen molar-refractivity contribution < 1.29 is 24.3 Å². The third-order valence-corrected chi connectivity index (χ3v) is 4.37. The van der Waals surface area contributed by atoms with Gasteiger partial charge in [0, 0.05) is 10.8 Å². The molecule has 0 spiro atoms. The zero-order valence-corrected chi connectivity index (χ0v) is 13.4. The molecule has 1 N–H and O–H groups in total. The van der Waals surface area contributed by atoms with E-state index in [1.807, 2.05) is 0 Å². The van der Waals surface area contributed by atoms with Crippen LogP contribution < -0.4 is 4.74 Å². The maximum absolute atomic E-state index is 12.0. The van der Waals surface area contributed by atoms with Crippen LogP contribution in [0, 0.1) is 10.1 Å². The van der Waals surface area contributed by atoms with E-state index in [2.05, 4.69) is 0 Å². The first-order valence-electron chi connectivity index (χ1n) is 6.15. The Balaban J connectivity index is 2.72. The summed E-state index contributed by atoms with van der Waals surface area (Å²) in [6, 6.07) is 1.20. The lowest BCUT2D eigenvalue weighted by molar-refractivity contribution is -0.385. The van der Waals surface area contributed by atoms with Gasteiger partial charge in [0.15, 0.2) is 5.75 Å². The molecular weight excluding hydrogens is 334 g/mol. The third-order valence-electron chi connectivity index (χ3n) is 2.76. The van der Waals surface area contributed by atoms with E-state index >= 15 is 0 Å². The second-order valence-corrected chi connectivity index (χ2v) is 6.04. The molecule has 0 saturated carbocycles. The van der Waals surface area contributed by atoms with E-state index in [0.717, 1.165) is 11.3 Å². The predicted molar refractivity (Wildman–Crippen MR) is 82.3 cm³/mol. The number of nitro benzene ring substituents is 1. The number of hydrogen-bond donors (Lipinski definition) is 1. The topological polar surface area (TPSA) is 98.9 Å². The van der Waals surface area contributed by atoms with Crippen molar-refractivity contribution in [3.63, 3.8) is 0 Å². The number of esters is 1. The number of ether oxygens (including phenoxy) is 2. The molecule has 2 aromatic rings. The number of phenolic OH excluding ortho intramolecular Hbond substituents is 1. The molecule has 0 atom stereocenters. The molecule has 1 heterocycles. The molecule has 0 radical (unpaired) electrons. The molecule has 22 heavy (non-hydrogen) atoms. The van der Waals surface area contributed by atoms with Crippen molar-refractivity contribution in [2.45, 2.75) is 20.0 Å². The van der Waals surface area contributed by atoms with E-state index in [1.165, 1.54) is 13.2 Å². The van der Waals surface area contributed by atoms with Gasteiger partial charge in [-0.3, -0.25) is 10.1 Å². The highest BCUT2D eigenvalue weighted by Gasteiger charge is 2.28. The summed E-state index contributed by atoms with van der Waals surface area (Å²) in [7, 11) is 1.20. The average molecular weight is 346 g/mol. The highest BCUT2D eigenvalue weighted by molar-refractivity contribution is 7.21. The van der Waals surface area contributed by atoms with Crippen LogP contribution in [0.1, 0.15) is 23.5 Å². The van der Waals surface area contributed by atoms with Crippen molar-refractivity contribution in [3.05, 3.63) is 26.1 Å². The van der Waals surface area contributed by atoms with Crippen LogP contribution in [-0.2, 0) is 4.74 Å². The Labute approximate surface area is 134 Å². The van der Waals surface area contributed by atoms with Gasteiger partial charge in [-0.05, 0) is 13.8 Å². The number of nitrogens with zero attached hydrogens (tertiary/aromatic N) is 1. The Morgan fingerprint density at radius 1 is 1.50 bits per heavy atom. The minimum Gasteiger partial charge on any atom is -0.504 e. The minimum atomic E-state index is -0.683. The summed E-state index contributed by atoms with van der Waals surface area (Å²) in [6.45, 7) is 3.37. The lowest BCUT2D eigenvalue weighted by atomic mass is 10.2. The molecule has 1 aromatic heterocycles. The van der Waals surface area contributed by atoms with Crippen molar-refractivity contribution in [1.82, 2.24) is 0 Å². The van der Waals surface area contributed by atoms with Gasteiger partial charge in [-0.15, -0.1) is 11.3 Å². The van der Waals surface area contributed by atoms with Crippen molar-refractivity contribution in [2.75, 3.05) is 7.11 Å². The fraction of sp³-hybridized carbons (Fsp3) is 0.308. The molecule has 0 fully saturated rings. The Bertz CT molecular complexity index is 770. The standard InChI is InChI=1S/C13H12ClNO6S/c1-5(2)21-13(17)12-9(14)8-7(22-12)4-6(15(18)19)11(20-3)10(8)16/h4-5,16H,1-3H3. The molecule has 0 unspecified atom stereocenters. The summed E-state index contributed by atoms with van der Waals surface area (Å²) in [6.07, 6.45) is -0.341. The Kier molecular flexibility index (Phi) is 4.43. The quantitative estimate of drug-likeness (QED) is 0.514. The van der Waals surface area contributed by atoms with Gasteiger partial charge in [0.2, 0.25) is 5.75 Å². The minimum absolute atomic E-state index is 0.0173. The lowest BCUT2D eigenvalue weighted by Crippen LogP contribution is -2.10. The number of fused-ring (bicyclic) bond motifs is 1. The average Bonchev–Trinajstić information content (AvgIpc) is 2.75. The molecular formula is C13H12ClNO6S. The number of aromatic hydroxyl groups is 1. The summed E-state index contributed by atoms with van der Waals surface area (Å²) in [5, 5.41) is 21.3. The second kappa shape index (κ2) is 5.98. The lowest BCUT2D eigenvalue weighted by Gasteiger charge is -2.06. The monoisotopic (exact) mass is 345 g/mol. The number of carbonyl (C=O) groups is 1. The van der Waals surface area contributed by atoms with Crippen LogP contribution in [0.25, 0.3) is 10.1 Å². The maximum atomic E-state index is 12.0. The van der Waals surface area contributed by atoms with Gasteiger partial charge in [0.05, 0.1) is 28.5 Å². The fourth-order valence-electron chi connectivity index (χ4n) is 1.91. The molecule has 0 bridgehead atoms. The van der Waals surface area contributed by atoms with Gasteiger partial charge >= 0.3 is 11.7 Å². The Morgan fingerprint density at radius 2 is 2.14 bits per heavy atom. The molecule has 0 aliphatic rings. The third kappa shape index (κ3) is 2.67. The summed E-state index contributed by atoms with van der Waals surface area (Å²) >= 11 is 7.04. The van der Waals surface area contributed by atoms with E-state index in [1.54, 1.807) is 13.8 Å². The van der Waals surface area contributed by atoms with Gasteiger partial charge in [-0.1, -0.05) is 11.6 Å². The number of methoxy groups -OCH3 is 1. The molecule has 0 aliphatic heterocycles. The van der Waals surface area contributed by atoms with Crippen molar-refractivity contribution >= 4 is 44.7 Å². The van der Waals surface area contributed by atoms with E-state index in [4.69, 9.17) is 21.1 Å². The molecule has 118 valence electrons. The van der Waals surface area contributed by atoms with Crippen LogP contribution >= 0.6 is 22.9 Å². The fourth-order valence-corrected chi connectivity index (χ4v) is 3.36. The first-order valence-corrected chi connectivity index (χ1v) is 7.34. The van der Waals surface area contributed by atoms with Crippen molar-refractivity contribution in [2.24, 2.45) is 0 Å². The second-order valence-electron chi connectivity index (χ2n) is 4.61. The zero-order chi connectivity index (χ0) is 16.6. The van der Waals surface area contributed by atoms with Crippen LogP contribution in [0.3, 0.4) is 0 Å². The predicted octanol–water partition coefficient (Wildman–Crippen LogP) is 3.74. The summed E-state index contributed by atoms with van der Waals surface area (Å²) in [5.74, 6) is -1.43. The van der Waals surface area contributed by atoms with Gasteiger partial charge < -0.3 is 14.6 Å². The number of phenols is 1. The SMILES string of the molecule is COc1c([N+](=O)[O-])cc2sc(C(=O)OC(C)C)c(Cl)c2c1O. The number of carbonyl (C=O) groups excluding carboxylic acids is 1. The number of nitro groups is 1. The molecule has 0 amide bonds. The zero-order valence-electron chi connectivity index (χ0n) is 11.9. The van der Waals surface area contributed by atoms with E-state index in [9.17, 15) is 20.0 Å². The molecule has 9 heteroatoms. The normalized spacial score (nSPS) is 11.0. The van der Waals surface area contributed by atoms with Crippen LogP contribution in [0.15, 0.2) is 6.07 Å². The van der Waals surface area contributed by atoms with Gasteiger partial charge in [-0.2, -0.15) is 0 Å². The summed E-state index contributed by atoms with van der Waals surface area (Å²) < 4.78 is 10.2.